The zero-order chi connectivity index (χ0) is 17.7. The van der Waals surface area contributed by atoms with Crippen LogP contribution >= 0.6 is 0 Å². The molecule has 1 aliphatic carbocycles. The third-order valence-electron chi connectivity index (χ3n) is 4.73. The number of hydrogen-bond acceptors (Lipinski definition) is 4. The Labute approximate surface area is 149 Å². The van der Waals surface area contributed by atoms with Crippen molar-refractivity contribution in [1.29, 1.82) is 0 Å². The number of nitrogens with zero attached hydrogens (tertiary/aromatic N) is 4. The number of carbonyl (C=O) groups excluding carboxylic acids is 1. The molecule has 7 heteroatoms. The van der Waals surface area contributed by atoms with Gasteiger partial charge >= 0.3 is 0 Å². The molecule has 3 heterocycles. The number of aryl methyl sites for hydroxylation is 1. The van der Waals surface area contributed by atoms with E-state index in [0.29, 0.717) is 18.2 Å². The molecule has 4 aromatic rings. The van der Waals surface area contributed by atoms with Crippen LogP contribution in [0.25, 0.3) is 22.2 Å². The van der Waals surface area contributed by atoms with Crippen LogP contribution in [0.15, 0.2) is 36.8 Å². The average Bonchev–Trinajstić information content (AvgIpc) is 3.28. The lowest BCUT2D eigenvalue weighted by Gasteiger charge is -2.06. The first kappa shape index (κ1) is 15.1. The van der Waals surface area contributed by atoms with E-state index in [1.807, 2.05) is 31.5 Å². The van der Waals surface area contributed by atoms with E-state index in [4.69, 9.17) is 0 Å². The zero-order valence-electron chi connectivity index (χ0n) is 14.4. The van der Waals surface area contributed by atoms with Crippen molar-refractivity contribution < 1.29 is 4.79 Å². The molecule has 0 unspecified atom stereocenters. The summed E-state index contributed by atoms with van der Waals surface area (Å²) >= 11 is 0. The van der Waals surface area contributed by atoms with Gasteiger partial charge < -0.3 is 14.9 Å². The Bertz CT molecular complexity index is 1140. The fourth-order valence-electron chi connectivity index (χ4n) is 3.24. The highest BCUT2D eigenvalue weighted by Crippen LogP contribution is 2.36. The molecular formula is C19H18N6O. The minimum atomic E-state index is -0.152. The Hall–Kier alpha value is -3.22. The summed E-state index contributed by atoms with van der Waals surface area (Å²) in [6.45, 7) is 2.37. The highest BCUT2D eigenvalue weighted by Gasteiger charge is 2.25. The number of amides is 1. The van der Waals surface area contributed by atoms with Crippen molar-refractivity contribution in [3.05, 3.63) is 53.7 Å². The maximum absolute atomic E-state index is 12.5. The zero-order valence-corrected chi connectivity index (χ0v) is 14.4. The van der Waals surface area contributed by atoms with Gasteiger partial charge in [0, 0.05) is 18.8 Å². The predicted octanol–water partition coefficient (Wildman–Crippen LogP) is 2.88. The molecule has 0 radical (unpaired) electrons. The number of rotatable bonds is 4. The molecule has 0 aliphatic heterocycles. The van der Waals surface area contributed by atoms with Crippen LogP contribution in [0.5, 0.6) is 0 Å². The smallest absolute Gasteiger partial charge is 0.253 e. The quantitative estimate of drug-likeness (QED) is 0.595. The molecule has 3 aromatic heterocycles. The van der Waals surface area contributed by atoms with E-state index < -0.39 is 0 Å². The molecule has 1 amide bonds. The number of fused-ring (bicyclic) bond motifs is 2. The van der Waals surface area contributed by atoms with Crippen molar-refractivity contribution in [2.45, 2.75) is 32.4 Å². The normalized spacial score (nSPS) is 14.2. The average molecular weight is 346 g/mol. The summed E-state index contributed by atoms with van der Waals surface area (Å²) in [6, 6.07) is 8.26. The van der Waals surface area contributed by atoms with Crippen LogP contribution in [-0.2, 0) is 6.54 Å². The second kappa shape index (κ2) is 5.66. The van der Waals surface area contributed by atoms with Gasteiger partial charge in [-0.1, -0.05) is 6.07 Å². The summed E-state index contributed by atoms with van der Waals surface area (Å²) in [5.41, 5.74) is 5.06. The molecule has 1 aliphatic rings. The number of carbonyl (C=O) groups is 1. The molecule has 7 nitrogen and oxygen atoms in total. The third kappa shape index (κ3) is 2.61. The van der Waals surface area contributed by atoms with Gasteiger partial charge in [-0.05, 0) is 43.5 Å². The largest absolute Gasteiger partial charge is 0.348 e. The summed E-state index contributed by atoms with van der Waals surface area (Å²) in [6.07, 6.45) is 5.80. The van der Waals surface area contributed by atoms with Crippen molar-refractivity contribution in [1.82, 2.24) is 29.8 Å². The molecule has 1 saturated carbocycles. The second-order valence-electron chi connectivity index (χ2n) is 6.81. The van der Waals surface area contributed by atoms with Crippen LogP contribution in [0.1, 0.15) is 40.6 Å². The van der Waals surface area contributed by atoms with E-state index >= 15 is 0 Å². The Morgan fingerprint density at radius 1 is 1.27 bits per heavy atom. The maximum Gasteiger partial charge on any atom is 0.253 e. The fraction of sp³-hybridized carbons (Fsp3) is 0.263. The van der Waals surface area contributed by atoms with Crippen LogP contribution in [0.3, 0.4) is 0 Å². The summed E-state index contributed by atoms with van der Waals surface area (Å²) in [5, 5.41) is 2.95. The third-order valence-corrected chi connectivity index (χ3v) is 4.73. The monoisotopic (exact) mass is 346 g/mol. The van der Waals surface area contributed by atoms with E-state index in [0.717, 1.165) is 33.6 Å². The Morgan fingerprint density at radius 2 is 2.15 bits per heavy atom. The molecule has 26 heavy (non-hydrogen) atoms. The lowest BCUT2D eigenvalue weighted by atomic mass is 10.2. The van der Waals surface area contributed by atoms with Crippen LogP contribution in [0, 0.1) is 6.92 Å². The van der Waals surface area contributed by atoms with Crippen molar-refractivity contribution in [2.75, 3.05) is 0 Å². The molecule has 2 N–H and O–H groups in total. The van der Waals surface area contributed by atoms with Crippen LogP contribution in [0.2, 0.25) is 0 Å². The summed E-state index contributed by atoms with van der Waals surface area (Å²) in [7, 11) is 0. The van der Waals surface area contributed by atoms with Crippen molar-refractivity contribution in [2.24, 2.45) is 0 Å². The van der Waals surface area contributed by atoms with Gasteiger partial charge in [-0.15, -0.1) is 0 Å². The molecule has 0 bridgehead atoms. The van der Waals surface area contributed by atoms with Gasteiger partial charge in [-0.2, -0.15) is 0 Å². The molecule has 5 rings (SSSR count). The number of pyridine rings is 1. The molecule has 0 atom stereocenters. The Morgan fingerprint density at radius 3 is 3.00 bits per heavy atom. The molecule has 0 spiro atoms. The first-order valence-corrected chi connectivity index (χ1v) is 8.73. The lowest BCUT2D eigenvalue weighted by molar-refractivity contribution is 0.0950. The lowest BCUT2D eigenvalue weighted by Crippen LogP contribution is -2.22. The summed E-state index contributed by atoms with van der Waals surface area (Å²) in [5.74, 6) is 0.729. The first-order valence-electron chi connectivity index (χ1n) is 8.73. The number of H-pyrrole nitrogens is 1. The molecule has 130 valence electrons. The predicted molar refractivity (Wildman–Crippen MR) is 97.8 cm³/mol. The van der Waals surface area contributed by atoms with E-state index in [2.05, 4.69) is 29.8 Å². The SMILES string of the molecule is Cc1nc2ccc(CNC(=O)c3cnc4c(c3)ncn4C3CC3)cc2[nH]1. The van der Waals surface area contributed by atoms with Crippen LogP contribution in [-0.4, -0.2) is 30.4 Å². The van der Waals surface area contributed by atoms with Crippen molar-refractivity contribution >= 4 is 28.1 Å². The van der Waals surface area contributed by atoms with Gasteiger partial charge in [-0.25, -0.2) is 15.0 Å². The fourth-order valence-corrected chi connectivity index (χ4v) is 3.24. The number of aromatic nitrogens is 5. The molecule has 1 fully saturated rings. The number of nitrogens with one attached hydrogen (secondary N) is 2. The first-order chi connectivity index (χ1) is 12.7. The van der Waals surface area contributed by atoms with E-state index in [9.17, 15) is 4.79 Å². The molecular weight excluding hydrogens is 328 g/mol. The highest BCUT2D eigenvalue weighted by atomic mass is 16.1. The second-order valence-corrected chi connectivity index (χ2v) is 6.81. The number of hydrogen-bond donors (Lipinski definition) is 2. The van der Waals surface area contributed by atoms with Gasteiger partial charge in [0.1, 0.15) is 11.3 Å². The number of benzene rings is 1. The topological polar surface area (TPSA) is 88.5 Å². The maximum atomic E-state index is 12.5. The van der Waals surface area contributed by atoms with Crippen molar-refractivity contribution in [3.8, 4) is 0 Å². The highest BCUT2D eigenvalue weighted by molar-refractivity contribution is 5.96. The number of aromatic amines is 1. The summed E-state index contributed by atoms with van der Waals surface area (Å²) < 4.78 is 2.10. The van der Waals surface area contributed by atoms with E-state index in [1.165, 1.54) is 12.8 Å². The van der Waals surface area contributed by atoms with E-state index in [1.54, 1.807) is 12.3 Å². The van der Waals surface area contributed by atoms with Gasteiger partial charge in [0.2, 0.25) is 0 Å². The van der Waals surface area contributed by atoms with Crippen molar-refractivity contribution in [3.63, 3.8) is 0 Å². The van der Waals surface area contributed by atoms with Gasteiger partial charge in [-0.3, -0.25) is 4.79 Å². The van der Waals surface area contributed by atoms with Gasteiger partial charge in [0.25, 0.3) is 5.91 Å². The number of imidazole rings is 2. The Kier molecular flexibility index (Phi) is 3.28. The van der Waals surface area contributed by atoms with Gasteiger partial charge in [0.15, 0.2) is 5.65 Å². The summed E-state index contributed by atoms with van der Waals surface area (Å²) in [4.78, 5) is 28.9. The minimum Gasteiger partial charge on any atom is -0.348 e. The Balaban J connectivity index is 1.33. The van der Waals surface area contributed by atoms with Crippen LogP contribution < -0.4 is 5.32 Å². The van der Waals surface area contributed by atoms with Gasteiger partial charge in [0.05, 0.1) is 22.9 Å². The minimum absolute atomic E-state index is 0.152. The molecule has 0 saturated heterocycles. The van der Waals surface area contributed by atoms with E-state index in [-0.39, 0.29) is 5.91 Å². The van der Waals surface area contributed by atoms with Crippen LogP contribution in [0.4, 0.5) is 0 Å². The molecule has 1 aromatic carbocycles. The standard InChI is InChI=1S/C19H18N6O/c1-11-23-15-5-2-12(6-16(15)24-11)8-21-19(26)13-7-17-18(20-9-13)25(10-22-17)14-3-4-14/h2,5-7,9-10,14H,3-4,8H2,1H3,(H,21,26)(H,23,24).